The molecule has 3 aromatic heterocycles. The van der Waals surface area contributed by atoms with Crippen molar-refractivity contribution in [3.05, 3.63) is 49.3 Å². The van der Waals surface area contributed by atoms with Gasteiger partial charge in [-0.2, -0.15) is 0 Å². The van der Waals surface area contributed by atoms with Crippen molar-refractivity contribution < 1.29 is 0 Å². The second kappa shape index (κ2) is 3.16. The maximum Gasteiger partial charge on any atom is 0.140 e. The van der Waals surface area contributed by atoms with E-state index < -0.39 is 0 Å². The number of pyridine rings is 1. The van der Waals surface area contributed by atoms with Crippen molar-refractivity contribution in [2.75, 3.05) is 0 Å². The van der Waals surface area contributed by atoms with Gasteiger partial charge >= 0.3 is 0 Å². The molecule has 0 aliphatic carbocycles. The molecule has 3 aromatic rings. The highest BCUT2D eigenvalue weighted by atomic mass is 15.1. The zero-order chi connectivity index (χ0) is 10.1. The van der Waals surface area contributed by atoms with Crippen LogP contribution in [0.25, 0.3) is 16.7 Å². The van der Waals surface area contributed by atoms with Gasteiger partial charge in [0.15, 0.2) is 0 Å². The van der Waals surface area contributed by atoms with Crippen molar-refractivity contribution >= 4 is 10.9 Å². The molecule has 0 saturated heterocycles. The molecule has 0 saturated carbocycles. The van der Waals surface area contributed by atoms with Gasteiger partial charge in [0.25, 0.3) is 0 Å². The van der Waals surface area contributed by atoms with Gasteiger partial charge in [-0.05, 0) is 18.2 Å². The summed E-state index contributed by atoms with van der Waals surface area (Å²) in [6.07, 6.45) is 8.87. The minimum absolute atomic E-state index is 0.867. The fourth-order valence-electron chi connectivity index (χ4n) is 1.61. The highest BCUT2D eigenvalue weighted by molar-refractivity contribution is 5.80. The second-order valence-corrected chi connectivity index (χ2v) is 3.19. The molecule has 0 aromatic carbocycles. The third-order valence-electron chi connectivity index (χ3n) is 2.30. The lowest BCUT2D eigenvalue weighted by Crippen LogP contribution is -1.95. The van der Waals surface area contributed by atoms with Crippen molar-refractivity contribution in [1.82, 2.24) is 19.5 Å². The lowest BCUT2D eigenvalue weighted by Gasteiger charge is -2.02. The third-order valence-corrected chi connectivity index (χ3v) is 2.30. The predicted molar refractivity (Wildman–Crippen MR) is 56.7 cm³/mol. The summed E-state index contributed by atoms with van der Waals surface area (Å²) in [6.45, 7) is 0. The Balaban J connectivity index is 2.28. The first-order valence-electron chi connectivity index (χ1n) is 4.62. The molecule has 3 rings (SSSR count). The van der Waals surface area contributed by atoms with Gasteiger partial charge in [0.05, 0.1) is 5.52 Å². The Kier molecular flexibility index (Phi) is 1.71. The topological polar surface area (TPSA) is 43.6 Å². The lowest BCUT2D eigenvalue weighted by atomic mass is 10.3. The fourth-order valence-corrected chi connectivity index (χ4v) is 1.61. The molecule has 0 unspecified atom stereocenters. The lowest BCUT2D eigenvalue weighted by molar-refractivity contribution is 1.01. The van der Waals surface area contributed by atoms with Crippen LogP contribution in [0.15, 0.2) is 49.3 Å². The van der Waals surface area contributed by atoms with E-state index in [1.54, 1.807) is 18.7 Å². The highest BCUT2D eigenvalue weighted by Gasteiger charge is 2.02. The molecule has 0 atom stereocenters. The molecule has 0 spiro atoms. The molecule has 0 aliphatic rings. The molecule has 15 heavy (non-hydrogen) atoms. The van der Waals surface area contributed by atoms with E-state index in [0.29, 0.717) is 0 Å². The van der Waals surface area contributed by atoms with E-state index in [0.717, 1.165) is 16.7 Å². The minimum Gasteiger partial charge on any atom is -0.301 e. The average Bonchev–Trinajstić information content (AvgIpc) is 2.74. The SMILES string of the molecule is c1cc(-n2ccc3cnccc32)ncn1. The van der Waals surface area contributed by atoms with Gasteiger partial charge in [-0.25, -0.2) is 9.97 Å². The Morgan fingerprint density at radius 3 is 2.80 bits per heavy atom. The highest BCUT2D eigenvalue weighted by Crippen LogP contribution is 2.16. The van der Waals surface area contributed by atoms with Crippen LogP contribution < -0.4 is 0 Å². The summed E-state index contributed by atoms with van der Waals surface area (Å²) < 4.78 is 2.01. The van der Waals surface area contributed by atoms with Gasteiger partial charge in [0.2, 0.25) is 0 Å². The zero-order valence-electron chi connectivity index (χ0n) is 7.91. The standard InChI is InChI=1S/C11H8N4/c1-4-12-7-9-3-6-15(10(1)9)11-2-5-13-8-14-11/h1-8H. The van der Waals surface area contributed by atoms with Crippen LogP contribution in [0.2, 0.25) is 0 Å². The Hall–Kier alpha value is -2.23. The van der Waals surface area contributed by atoms with E-state index in [9.17, 15) is 0 Å². The predicted octanol–water partition coefficient (Wildman–Crippen LogP) is 1.82. The Morgan fingerprint density at radius 1 is 1.00 bits per heavy atom. The van der Waals surface area contributed by atoms with Gasteiger partial charge < -0.3 is 4.57 Å². The van der Waals surface area contributed by atoms with Crippen LogP contribution in [0.4, 0.5) is 0 Å². The molecule has 0 N–H and O–H groups in total. The summed E-state index contributed by atoms with van der Waals surface area (Å²) in [5.41, 5.74) is 1.10. The summed E-state index contributed by atoms with van der Waals surface area (Å²) in [5.74, 6) is 0.867. The Labute approximate surface area is 86.2 Å². The van der Waals surface area contributed by atoms with E-state index in [1.165, 1.54) is 0 Å². The molecule has 3 heterocycles. The quantitative estimate of drug-likeness (QED) is 0.596. The summed E-state index contributed by atoms with van der Waals surface area (Å²) >= 11 is 0. The molecule has 72 valence electrons. The average molecular weight is 196 g/mol. The summed E-state index contributed by atoms with van der Waals surface area (Å²) in [4.78, 5) is 12.2. The van der Waals surface area contributed by atoms with E-state index >= 15 is 0 Å². The Morgan fingerprint density at radius 2 is 1.93 bits per heavy atom. The van der Waals surface area contributed by atoms with Crippen LogP contribution in [0, 0.1) is 0 Å². The van der Waals surface area contributed by atoms with Crippen molar-refractivity contribution in [3.8, 4) is 5.82 Å². The minimum atomic E-state index is 0.867. The summed E-state index contributed by atoms with van der Waals surface area (Å²) in [5, 5.41) is 1.11. The van der Waals surface area contributed by atoms with Crippen LogP contribution >= 0.6 is 0 Å². The number of rotatable bonds is 1. The van der Waals surface area contributed by atoms with Crippen LogP contribution in [-0.4, -0.2) is 19.5 Å². The number of hydrogen-bond acceptors (Lipinski definition) is 3. The molecular weight excluding hydrogens is 188 g/mol. The van der Waals surface area contributed by atoms with E-state index in [2.05, 4.69) is 15.0 Å². The van der Waals surface area contributed by atoms with Gasteiger partial charge in [0, 0.05) is 30.2 Å². The van der Waals surface area contributed by atoms with Crippen LogP contribution in [0.3, 0.4) is 0 Å². The summed E-state index contributed by atoms with van der Waals surface area (Å²) in [7, 11) is 0. The van der Waals surface area contributed by atoms with E-state index in [1.807, 2.05) is 35.2 Å². The molecule has 0 radical (unpaired) electrons. The maximum absolute atomic E-state index is 4.20. The molecule has 0 fully saturated rings. The molecule has 0 bridgehead atoms. The van der Waals surface area contributed by atoms with Gasteiger partial charge in [0.1, 0.15) is 12.1 Å². The van der Waals surface area contributed by atoms with Crippen LogP contribution in [0.5, 0.6) is 0 Å². The van der Waals surface area contributed by atoms with Crippen molar-refractivity contribution in [1.29, 1.82) is 0 Å². The van der Waals surface area contributed by atoms with Crippen molar-refractivity contribution in [2.45, 2.75) is 0 Å². The van der Waals surface area contributed by atoms with E-state index in [4.69, 9.17) is 0 Å². The molecule has 4 nitrogen and oxygen atoms in total. The number of hydrogen-bond donors (Lipinski definition) is 0. The van der Waals surface area contributed by atoms with Crippen LogP contribution in [0.1, 0.15) is 0 Å². The molecule has 0 amide bonds. The van der Waals surface area contributed by atoms with Crippen LogP contribution in [-0.2, 0) is 0 Å². The van der Waals surface area contributed by atoms with Crippen molar-refractivity contribution in [3.63, 3.8) is 0 Å². The smallest absolute Gasteiger partial charge is 0.140 e. The number of fused-ring (bicyclic) bond motifs is 1. The second-order valence-electron chi connectivity index (χ2n) is 3.19. The Bertz CT molecular complexity index is 586. The maximum atomic E-state index is 4.20. The zero-order valence-corrected chi connectivity index (χ0v) is 7.91. The normalized spacial score (nSPS) is 10.7. The van der Waals surface area contributed by atoms with Gasteiger partial charge in [-0.15, -0.1) is 0 Å². The molecule has 0 aliphatic heterocycles. The van der Waals surface area contributed by atoms with E-state index in [-0.39, 0.29) is 0 Å². The van der Waals surface area contributed by atoms with Gasteiger partial charge in [-0.1, -0.05) is 0 Å². The number of aromatic nitrogens is 4. The molecule has 4 heteroatoms. The summed E-state index contributed by atoms with van der Waals surface area (Å²) in [6, 6.07) is 5.86. The number of nitrogens with zero attached hydrogens (tertiary/aromatic N) is 4. The first kappa shape index (κ1) is 8.11. The van der Waals surface area contributed by atoms with Gasteiger partial charge in [-0.3, -0.25) is 4.98 Å². The first-order chi connectivity index (χ1) is 7.45. The largest absolute Gasteiger partial charge is 0.301 e. The molecular formula is C11H8N4. The monoisotopic (exact) mass is 196 g/mol. The fraction of sp³-hybridized carbons (Fsp3) is 0. The first-order valence-corrected chi connectivity index (χ1v) is 4.62. The van der Waals surface area contributed by atoms with Crippen molar-refractivity contribution in [2.24, 2.45) is 0 Å². The third kappa shape index (κ3) is 1.27.